The fraction of sp³-hybridized carbons (Fsp3) is 0.458. The van der Waals surface area contributed by atoms with Gasteiger partial charge in [-0.25, -0.2) is 9.50 Å². The number of amides is 1. The maximum Gasteiger partial charge on any atom is 0.255 e. The number of fused-ring (bicyclic) bond motifs is 1. The highest BCUT2D eigenvalue weighted by Gasteiger charge is 2.25. The first kappa shape index (κ1) is 23.2. The Morgan fingerprint density at radius 3 is 2.61 bits per heavy atom. The second kappa shape index (κ2) is 9.87. The standard InChI is InChI=1S/C24H29ClN6O2/c1-14(2)29-22-9-21(19-12-28-31-13-17(25)10-27-23(19)31)26-11-20(22)24(33)30-18-6-4-16(5-7-18)8-15(3)32/h9-14,16,18H,4-8H2,1-3H3,(H,26,29)(H,30,33). The van der Waals surface area contributed by atoms with E-state index in [9.17, 15) is 9.59 Å². The van der Waals surface area contributed by atoms with Crippen LogP contribution in [0.5, 0.6) is 0 Å². The van der Waals surface area contributed by atoms with E-state index in [0.717, 1.165) is 31.2 Å². The number of ketones is 1. The highest BCUT2D eigenvalue weighted by molar-refractivity contribution is 6.30. The molecule has 8 nitrogen and oxygen atoms in total. The Hall–Kier alpha value is -3.00. The van der Waals surface area contributed by atoms with Crippen LogP contribution in [0, 0.1) is 5.92 Å². The maximum absolute atomic E-state index is 13.1. The molecule has 3 aromatic rings. The average Bonchev–Trinajstić information content (AvgIpc) is 3.17. The molecule has 0 saturated heterocycles. The van der Waals surface area contributed by atoms with Crippen molar-refractivity contribution in [1.29, 1.82) is 0 Å². The SMILES string of the molecule is CC(=O)CC1CCC(NC(=O)c2cnc(-c3cnn4cc(Cl)cnc34)cc2NC(C)C)CC1. The number of nitrogens with one attached hydrogen (secondary N) is 2. The third kappa shape index (κ3) is 5.50. The normalized spacial score (nSPS) is 18.5. The molecule has 2 N–H and O–H groups in total. The minimum Gasteiger partial charge on any atom is -0.382 e. The topological polar surface area (TPSA) is 101 Å². The summed E-state index contributed by atoms with van der Waals surface area (Å²) in [5.74, 6) is 0.531. The van der Waals surface area contributed by atoms with Gasteiger partial charge < -0.3 is 15.4 Å². The summed E-state index contributed by atoms with van der Waals surface area (Å²) < 4.78 is 1.61. The van der Waals surface area contributed by atoms with Crippen molar-refractivity contribution in [1.82, 2.24) is 24.9 Å². The number of pyridine rings is 1. The summed E-state index contributed by atoms with van der Waals surface area (Å²) in [5, 5.41) is 11.3. The van der Waals surface area contributed by atoms with Gasteiger partial charge in [-0.1, -0.05) is 11.6 Å². The number of nitrogens with zero attached hydrogens (tertiary/aromatic N) is 4. The van der Waals surface area contributed by atoms with Crippen LogP contribution in [0.4, 0.5) is 5.69 Å². The fourth-order valence-corrected chi connectivity index (χ4v) is 4.57. The molecule has 0 radical (unpaired) electrons. The van der Waals surface area contributed by atoms with Gasteiger partial charge in [0, 0.05) is 30.9 Å². The molecule has 4 rings (SSSR count). The third-order valence-corrected chi connectivity index (χ3v) is 6.15. The van der Waals surface area contributed by atoms with Gasteiger partial charge in [0.15, 0.2) is 5.65 Å². The zero-order chi connectivity index (χ0) is 23.5. The van der Waals surface area contributed by atoms with Gasteiger partial charge in [0.25, 0.3) is 5.91 Å². The van der Waals surface area contributed by atoms with Gasteiger partial charge >= 0.3 is 0 Å². The van der Waals surface area contributed by atoms with Crippen molar-refractivity contribution in [2.45, 2.75) is 65.0 Å². The molecule has 0 atom stereocenters. The van der Waals surface area contributed by atoms with Gasteiger partial charge in [-0.05, 0) is 58.4 Å². The van der Waals surface area contributed by atoms with Crippen molar-refractivity contribution in [3.8, 4) is 11.3 Å². The molecule has 0 aromatic carbocycles. The van der Waals surface area contributed by atoms with Crippen LogP contribution in [-0.4, -0.2) is 43.4 Å². The molecule has 3 heterocycles. The highest BCUT2D eigenvalue weighted by atomic mass is 35.5. The van der Waals surface area contributed by atoms with E-state index in [-0.39, 0.29) is 23.8 Å². The summed E-state index contributed by atoms with van der Waals surface area (Å²) in [4.78, 5) is 33.4. The minimum absolute atomic E-state index is 0.112. The highest BCUT2D eigenvalue weighted by Crippen LogP contribution is 2.29. The molecule has 1 aliphatic carbocycles. The summed E-state index contributed by atoms with van der Waals surface area (Å²) in [6.07, 6.45) is 10.9. The Balaban J connectivity index is 1.54. The molecular formula is C24H29ClN6O2. The average molecular weight is 469 g/mol. The lowest BCUT2D eigenvalue weighted by Gasteiger charge is -2.29. The number of carbonyl (C=O) groups is 2. The van der Waals surface area contributed by atoms with Crippen LogP contribution in [0.3, 0.4) is 0 Å². The number of anilines is 1. The van der Waals surface area contributed by atoms with Crippen LogP contribution < -0.4 is 10.6 Å². The number of aromatic nitrogens is 4. The Kier molecular flexibility index (Phi) is 6.93. The van der Waals surface area contributed by atoms with Crippen molar-refractivity contribution in [2.24, 2.45) is 5.92 Å². The Morgan fingerprint density at radius 2 is 1.91 bits per heavy atom. The number of rotatable bonds is 7. The van der Waals surface area contributed by atoms with Crippen molar-refractivity contribution in [3.05, 3.63) is 41.4 Å². The molecule has 174 valence electrons. The van der Waals surface area contributed by atoms with Crippen LogP contribution in [0.2, 0.25) is 5.02 Å². The molecule has 1 fully saturated rings. The van der Waals surface area contributed by atoms with Crippen molar-refractivity contribution in [3.63, 3.8) is 0 Å². The molecule has 0 spiro atoms. The zero-order valence-electron chi connectivity index (χ0n) is 19.1. The molecule has 9 heteroatoms. The number of halogens is 1. The second-order valence-electron chi connectivity index (χ2n) is 9.11. The van der Waals surface area contributed by atoms with Gasteiger partial charge in [0.05, 0.1) is 39.9 Å². The summed E-state index contributed by atoms with van der Waals surface area (Å²) in [6.45, 7) is 5.69. The van der Waals surface area contributed by atoms with Gasteiger partial charge in [0.1, 0.15) is 5.78 Å². The van der Waals surface area contributed by atoms with E-state index in [1.54, 1.807) is 36.2 Å². The molecule has 3 aromatic heterocycles. The van der Waals surface area contributed by atoms with Crippen molar-refractivity contribution >= 4 is 34.6 Å². The lowest BCUT2D eigenvalue weighted by Crippen LogP contribution is -2.38. The van der Waals surface area contributed by atoms with Crippen molar-refractivity contribution < 1.29 is 9.59 Å². The van der Waals surface area contributed by atoms with Crippen LogP contribution in [-0.2, 0) is 4.79 Å². The predicted octanol–water partition coefficient (Wildman–Crippen LogP) is 4.53. The maximum atomic E-state index is 13.1. The number of hydrogen-bond acceptors (Lipinski definition) is 6. The second-order valence-corrected chi connectivity index (χ2v) is 9.55. The quantitative estimate of drug-likeness (QED) is 0.528. The van der Waals surface area contributed by atoms with Gasteiger partial charge in [-0.3, -0.25) is 9.78 Å². The smallest absolute Gasteiger partial charge is 0.255 e. The molecule has 0 unspecified atom stereocenters. The minimum atomic E-state index is -0.142. The third-order valence-electron chi connectivity index (χ3n) is 5.95. The molecular weight excluding hydrogens is 440 g/mol. The van der Waals surface area contributed by atoms with Crippen molar-refractivity contribution in [2.75, 3.05) is 5.32 Å². The predicted molar refractivity (Wildman–Crippen MR) is 128 cm³/mol. The summed E-state index contributed by atoms with van der Waals surface area (Å²) in [6, 6.07) is 2.11. The zero-order valence-corrected chi connectivity index (χ0v) is 19.9. The van der Waals surface area contributed by atoms with Gasteiger partial charge in [-0.2, -0.15) is 5.10 Å². The first-order chi connectivity index (χ1) is 15.8. The van der Waals surface area contributed by atoms with E-state index < -0.39 is 0 Å². The first-order valence-electron chi connectivity index (χ1n) is 11.4. The number of hydrogen-bond donors (Lipinski definition) is 2. The summed E-state index contributed by atoms with van der Waals surface area (Å²) >= 11 is 6.01. The lowest BCUT2D eigenvalue weighted by molar-refractivity contribution is -0.118. The van der Waals surface area contributed by atoms with E-state index in [1.165, 1.54) is 0 Å². The molecule has 0 bridgehead atoms. The molecule has 1 aliphatic rings. The fourth-order valence-electron chi connectivity index (χ4n) is 4.43. The number of Topliss-reactive ketones (excluding diaryl/α,β-unsaturated/α-hetero) is 1. The van der Waals surface area contributed by atoms with Crippen LogP contribution >= 0.6 is 11.6 Å². The van der Waals surface area contributed by atoms with E-state index in [2.05, 4.69) is 25.7 Å². The molecule has 1 amide bonds. The van der Waals surface area contributed by atoms with Crippen LogP contribution in [0.15, 0.2) is 30.9 Å². The number of carbonyl (C=O) groups excluding carboxylic acids is 2. The summed E-state index contributed by atoms with van der Waals surface area (Å²) in [5.41, 5.74) is 3.29. The Labute approximate surface area is 198 Å². The lowest BCUT2D eigenvalue weighted by atomic mass is 9.83. The molecule has 1 saturated carbocycles. The van der Waals surface area contributed by atoms with E-state index in [1.807, 2.05) is 19.9 Å². The Morgan fingerprint density at radius 1 is 1.15 bits per heavy atom. The van der Waals surface area contributed by atoms with E-state index in [0.29, 0.717) is 40.0 Å². The monoisotopic (exact) mass is 468 g/mol. The first-order valence-corrected chi connectivity index (χ1v) is 11.7. The van der Waals surface area contributed by atoms with Gasteiger partial charge in [0.2, 0.25) is 0 Å². The van der Waals surface area contributed by atoms with Gasteiger partial charge in [-0.15, -0.1) is 0 Å². The Bertz CT molecular complexity index is 1170. The molecule has 33 heavy (non-hydrogen) atoms. The van der Waals surface area contributed by atoms with E-state index >= 15 is 0 Å². The van der Waals surface area contributed by atoms with Crippen LogP contribution in [0.1, 0.15) is 63.2 Å². The van der Waals surface area contributed by atoms with E-state index in [4.69, 9.17) is 11.6 Å². The molecule has 0 aliphatic heterocycles. The largest absolute Gasteiger partial charge is 0.382 e. The van der Waals surface area contributed by atoms with Crippen LogP contribution in [0.25, 0.3) is 16.9 Å². The summed E-state index contributed by atoms with van der Waals surface area (Å²) in [7, 11) is 0.